The Morgan fingerprint density at radius 3 is 2.44 bits per heavy atom. The summed E-state index contributed by atoms with van der Waals surface area (Å²) in [7, 11) is 1.44. The molecule has 5 nitrogen and oxygen atoms in total. The molecule has 0 aliphatic rings. The second-order valence-corrected chi connectivity index (χ2v) is 3.89. The van der Waals surface area contributed by atoms with Gasteiger partial charge in [0, 0.05) is 0 Å². The van der Waals surface area contributed by atoms with Gasteiger partial charge in [-0.25, -0.2) is 0 Å². The Hall–Kier alpha value is -1.75. The minimum Gasteiger partial charge on any atom is -0.504 e. The fourth-order valence-corrected chi connectivity index (χ4v) is 1.96. The van der Waals surface area contributed by atoms with Gasteiger partial charge in [0.1, 0.15) is 6.04 Å². The van der Waals surface area contributed by atoms with E-state index >= 15 is 0 Å². The van der Waals surface area contributed by atoms with Crippen molar-refractivity contribution in [3.05, 3.63) is 23.8 Å². The van der Waals surface area contributed by atoms with Gasteiger partial charge in [-0.05, 0) is 30.8 Å². The van der Waals surface area contributed by atoms with Crippen LogP contribution in [0.5, 0.6) is 11.5 Å². The topological polar surface area (TPSA) is 70.0 Å². The van der Waals surface area contributed by atoms with E-state index in [9.17, 15) is 15.0 Å². The number of carboxylic acids is 1. The van der Waals surface area contributed by atoms with Gasteiger partial charge in [0.15, 0.2) is 11.5 Å². The molecule has 0 spiro atoms. The molecule has 0 aliphatic carbocycles. The van der Waals surface area contributed by atoms with Gasteiger partial charge in [0.25, 0.3) is 0 Å². The van der Waals surface area contributed by atoms with E-state index in [-0.39, 0.29) is 11.5 Å². The molecule has 2 N–H and O–H groups in total. The molecule has 0 amide bonds. The predicted molar refractivity (Wildman–Crippen MR) is 68.0 cm³/mol. The fourth-order valence-electron chi connectivity index (χ4n) is 1.96. The van der Waals surface area contributed by atoms with Gasteiger partial charge in [0.2, 0.25) is 0 Å². The number of phenolic OH excluding ortho intramolecular Hbond substituents is 1. The fraction of sp³-hybridized carbons (Fsp3) is 0.462. The molecule has 0 heterocycles. The monoisotopic (exact) mass is 253 g/mol. The summed E-state index contributed by atoms with van der Waals surface area (Å²) in [6.07, 6.45) is 0. The molecule has 18 heavy (non-hydrogen) atoms. The van der Waals surface area contributed by atoms with E-state index in [2.05, 4.69) is 0 Å². The highest BCUT2D eigenvalue weighted by molar-refractivity contribution is 5.76. The Morgan fingerprint density at radius 2 is 2.00 bits per heavy atom. The zero-order valence-electron chi connectivity index (χ0n) is 10.9. The molecular formula is C13H19NO4. The first kappa shape index (κ1) is 14.3. The molecule has 1 unspecified atom stereocenters. The largest absolute Gasteiger partial charge is 0.504 e. The molecule has 0 aromatic heterocycles. The van der Waals surface area contributed by atoms with Crippen LogP contribution in [-0.4, -0.2) is 41.3 Å². The summed E-state index contributed by atoms with van der Waals surface area (Å²) in [5.41, 5.74) is 0.598. The van der Waals surface area contributed by atoms with Crippen LogP contribution < -0.4 is 4.74 Å². The summed E-state index contributed by atoms with van der Waals surface area (Å²) in [5.74, 6) is -0.623. The second-order valence-electron chi connectivity index (χ2n) is 3.89. The third kappa shape index (κ3) is 2.92. The zero-order valence-corrected chi connectivity index (χ0v) is 10.9. The first-order valence-electron chi connectivity index (χ1n) is 5.88. The molecule has 1 aromatic rings. The maximum Gasteiger partial charge on any atom is 0.325 e. The molecule has 1 aromatic carbocycles. The number of ether oxygens (including phenoxy) is 1. The van der Waals surface area contributed by atoms with Crippen LogP contribution in [-0.2, 0) is 4.79 Å². The highest BCUT2D eigenvalue weighted by Crippen LogP contribution is 2.31. The van der Waals surface area contributed by atoms with Crippen LogP contribution in [0.3, 0.4) is 0 Å². The number of aromatic hydroxyl groups is 1. The third-order valence-electron chi connectivity index (χ3n) is 2.93. The number of aliphatic carboxylic acids is 1. The number of benzene rings is 1. The first-order chi connectivity index (χ1) is 8.54. The van der Waals surface area contributed by atoms with Gasteiger partial charge in [-0.2, -0.15) is 0 Å². The molecule has 0 aliphatic heterocycles. The SMILES string of the molecule is CCN(CC)C(C(=O)O)c1ccc(O)c(OC)c1. The predicted octanol–water partition coefficient (Wildman–Crippen LogP) is 1.87. The number of nitrogens with zero attached hydrogens (tertiary/aromatic N) is 1. The lowest BCUT2D eigenvalue weighted by Gasteiger charge is -2.26. The summed E-state index contributed by atoms with van der Waals surface area (Å²) in [4.78, 5) is 13.2. The Balaban J connectivity index is 3.17. The van der Waals surface area contributed by atoms with E-state index in [0.29, 0.717) is 18.7 Å². The minimum absolute atomic E-state index is 0.00457. The van der Waals surface area contributed by atoms with Crippen LogP contribution in [0.2, 0.25) is 0 Å². The highest BCUT2D eigenvalue weighted by atomic mass is 16.5. The van der Waals surface area contributed by atoms with Crippen molar-refractivity contribution in [1.29, 1.82) is 0 Å². The molecule has 0 radical (unpaired) electrons. The highest BCUT2D eigenvalue weighted by Gasteiger charge is 2.26. The number of hydrogen-bond donors (Lipinski definition) is 2. The van der Waals surface area contributed by atoms with E-state index in [0.717, 1.165) is 0 Å². The number of likely N-dealkylation sites (N-methyl/N-ethyl adjacent to an activating group) is 1. The lowest BCUT2D eigenvalue weighted by molar-refractivity contribution is -0.143. The van der Waals surface area contributed by atoms with Gasteiger partial charge in [-0.1, -0.05) is 19.9 Å². The first-order valence-corrected chi connectivity index (χ1v) is 5.88. The van der Waals surface area contributed by atoms with Crippen LogP contribution in [0.4, 0.5) is 0 Å². The quantitative estimate of drug-likeness (QED) is 0.810. The van der Waals surface area contributed by atoms with Crippen molar-refractivity contribution >= 4 is 5.97 Å². The molecule has 1 atom stereocenters. The van der Waals surface area contributed by atoms with Gasteiger partial charge in [-0.15, -0.1) is 0 Å². The molecule has 1 rings (SSSR count). The number of carboxylic acid groups (broad SMARTS) is 1. The molecule has 100 valence electrons. The van der Waals surface area contributed by atoms with Crippen molar-refractivity contribution in [3.8, 4) is 11.5 Å². The lowest BCUT2D eigenvalue weighted by Crippen LogP contribution is -2.33. The number of rotatable bonds is 6. The van der Waals surface area contributed by atoms with Crippen LogP contribution in [0.1, 0.15) is 25.5 Å². The normalized spacial score (nSPS) is 12.4. The average molecular weight is 253 g/mol. The number of phenols is 1. The zero-order chi connectivity index (χ0) is 13.7. The van der Waals surface area contributed by atoms with Gasteiger partial charge < -0.3 is 14.9 Å². The van der Waals surface area contributed by atoms with Crippen molar-refractivity contribution in [2.75, 3.05) is 20.2 Å². The Labute approximate surface area is 107 Å². The van der Waals surface area contributed by atoms with E-state index in [1.807, 2.05) is 18.7 Å². The van der Waals surface area contributed by atoms with Crippen molar-refractivity contribution in [2.24, 2.45) is 0 Å². The average Bonchev–Trinajstić information content (AvgIpc) is 2.36. The van der Waals surface area contributed by atoms with Crippen LogP contribution in [0.25, 0.3) is 0 Å². The Kier molecular flexibility index (Phi) is 4.97. The van der Waals surface area contributed by atoms with Crippen molar-refractivity contribution in [1.82, 2.24) is 4.90 Å². The molecule has 0 saturated carbocycles. The molecule has 0 fully saturated rings. The number of methoxy groups -OCH3 is 1. The summed E-state index contributed by atoms with van der Waals surface area (Å²) >= 11 is 0. The molecular weight excluding hydrogens is 234 g/mol. The molecule has 0 saturated heterocycles. The maximum absolute atomic E-state index is 11.4. The van der Waals surface area contributed by atoms with E-state index < -0.39 is 12.0 Å². The van der Waals surface area contributed by atoms with Gasteiger partial charge in [0.05, 0.1) is 7.11 Å². The third-order valence-corrected chi connectivity index (χ3v) is 2.93. The van der Waals surface area contributed by atoms with Crippen LogP contribution >= 0.6 is 0 Å². The second kappa shape index (κ2) is 6.26. The lowest BCUT2D eigenvalue weighted by atomic mass is 10.0. The van der Waals surface area contributed by atoms with Crippen molar-refractivity contribution in [2.45, 2.75) is 19.9 Å². The molecule has 0 bridgehead atoms. The number of hydrogen-bond acceptors (Lipinski definition) is 4. The van der Waals surface area contributed by atoms with Gasteiger partial charge >= 0.3 is 5.97 Å². The van der Waals surface area contributed by atoms with Crippen LogP contribution in [0, 0.1) is 0 Å². The number of carbonyl (C=O) groups is 1. The van der Waals surface area contributed by atoms with Gasteiger partial charge in [-0.3, -0.25) is 9.69 Å². The van der Waals surface area contributed by atoms with Crippen molar-refractivity contribution in [3.63, 3.8) is 0 Å². The smallest absolute Gasteiger partial charge is 0.325 e. The van der Waals surface area contributed by atoms with E-state index in [1.54, 1.807) is 12.1 Å². The Morgan fingerprint density at radius 1 is 1.39 bits per heavy atom. The van der Waals surface area contributed by atoms with Crippen LogP contribution in [0.15, 0.2) is 18.2 Å². The maximum atomic E-state index is 11.4. The standard InChI is InChI=1S/C13H19NO4/c1-4-14(5-2)12(13(16)17)9-6-7-10(15)11(8-9)18-3/h6-8,12,15H,4-5H2,1-3H3,(H,16,17). The van der Waals surface area contributed by atoms with E-state index in [4.69, 9.17) is 4.74 Å². The summed E-state index contributed by atoms with van der Waals surface area (Å²) in [6.45, 7) is 5.10. The Bertz CT molecular complexity index is 415. The van der Waals surface area contributed by atoms with Crippen molar-refractivity contribution < 1.29 is 19.7 Å². The minimum atomic E-state index is -0.911. The molecule has 5 heteroatoms. The summed E-state index contributed by atoms with van der Waals surface area (Å²) < 4.78 is 5.00. The van der Waals surface area contributed by atoms with E-state index in [1.165, 1.54) is 13.2 Å². The summed E-state index contributed by atoms with van der Waals surface area (Å²) in [6, 6.07) is 3.89. The summed E-state index contributed by atoms with van der Waals surface area (Å²) in [5, 5.41) is 18.9.